The van der Waals surface area contributed by atoms with Gasteiger partial charge in [0.15, 0.2) is 18.1 Å². The van der Waals surface area contributed by atoms with Gasteiger partial charge in [0, 0.05) is 19.0 Å². The van der Waals surface area contributed by atoms with Crippen LogP contribution in [0.1, 0.15) is 37.5 Å². The number of esters is 1. The third-order valence-electron chi connectivity index (χ3n) is 4.76. The zero-order valence-electron chi connectivity index (χ0n) is 13.4. The summed E-state index contributed by atoms with van der Waals surface area (Å²) < 4.78 is 10.9. The number of nitrogens with zero attached hydrogens (tertiary/aromatic N) is 2. The van der Waals surface area contributed by atoms with Crippen molar-refractivity contribution in [3.8, 4) is 0 Å². The van der Waals surface area contributed by atoms with Crippen molar-refractivity contribution in [2.75, 3.05) is 19.7 Å². The average Bonchev–Trinajstić information content (AvgIpc) is 3.38. The quantitative estimate of drug-likeness (QED) is 0.806. The topological polar surface area (TPSA) is 72.6 Å². The Labute approximate surface area is 139 Å². The lowest BCUT2D eigenvalue weighted by atomic mass is 9.97. The minimum Gasteiger partial charge on any atom is -0.455 e. The summed E-state index contributed by atoms with van der Waals surface area (Å²) in [5, 5.41) is 0. The molecule has 1 aromatic carbocycles. The van der Waals surface area contributed by atoms with E-state index in [0.29, 0.717) is 13.1 Å². The highest BCUT2D eigenvalue weighted by Crippen LogP contribution is 2.31. The molecule has 126 valence electrons. The second kappa shape index (κ2) is 6.26. The smallest absolute Gasteiger partial charge is 0.309 e. The van der Waals surface area contributed by atoms with Gasteiger partial charge in [-0.15, -0.1) is 0 Å². The Balaban J connectivity index is 1.31. The SMILES string of the molecule is O=C(OCC(=O)N1CCC(c2nc3ccccc3o2)CC1)C1CC1. The van der Waals surface area contributed by atoms with Gasteiger partial charge in [0.25, 0.3) is 5.91 Å². The average molecular weight is 328 g/mol. The highest BCUT2D eigenvalue weighted by molar-refractivity contribution is 5.82. The van der Waals surface area contributed by atoms with Crippen LogP contribution in [0.5, 0.6) is 0 Å². The van der Waals surface area contributed by atoms with E-state index in [0.717, 1.165) is 42.7 Å². The normalized spacial score (nSPS) is 18.8. The van der Waals surface area contributed by atoms with Gasteiger partial charge in [0.2, 0.25) is 0 Å². The number of ether oxygens (including phenoxy) is 1. The predicted octanol–water partition coefficient (Wildman–Crippen LogP) is 2.49. The van der Waals surface area contributed by atoms with Crippen LogP contribution >= 0.6 is 0 Å². The van der Waals surface area contributed by atoms with Crippen LogP contribution in [0.4, 0.5) is 0 Å². The Morgan fingerprint density at radius 1 is 1.17 bits per heavy atom. The number of para-hydroxylation sites is 2. The highest BCUT2D eigenvalue weighted by Gasteiger charge is 2.32. The molecule has 0 unspecified atom stereocenters. The lowest BCUT2D eigenvalue weighted by Gasteiger charge is -2.30. The van der Waals surface area contributed by atoms with Crippen LogP contribution < -0.4 is 0 Å². The summed E-state index contributed by atoms with van der Waals surface area (Å²) in [5.74, 6) is 0.673. The van der Waals surface area contributed by atoms with Crippen molar-refractivity contribution in [3.63, 3.8) is 0 Å². The van der Waals surface area contributed by atoms with E-state index in [9.17, 15) is 9.59 Å². The van der Waals surface area contributed by atoms with Gasteiger partial charge in [-0.05, 0) is 37.8 Å². The van der Waals surface area contributed by atoms with Crippen molar-refractivity contribution in [3.05, 3.63) is 30.2 Å². The molecule has 0 atom stereocenters. The molecule has 4 rings (SSSR count). The lowest BCUT2D eigenvalue weighted by Crippen LogP contribution is -2.40. The van der Waals surface area contributed by atoms with E-state index in [4.69, 9.17) is 9.15 Å². The van der Waals surface area contributed by atoms with Gasteiger partial charge in [-0.2, -0.15) is 0 Å². The molecule has 2 aliphatic rings. The number of hydrogen-bond acceptors (Lipinski definition) is 5. The Kier molecular flexibility index (Phi) is 3.96. The number of amides is 1. The maximum atomic E-state index is 12.1. The van der Waals surface area contributed by atoms with Crippen LogP contribution in [0.25, 0.3) is 11.1 Å². The van der Waals surface area contributed by atoms with E-state index in [1.807, 2.05) is 24.3 Å². The molecule has 6 heteroatoms. The number of carbonyl (C=O) groups excluding carboxylic acids is 2. The summed E-state index contributed by atoms with van der Waals surface area (Å²) in [6.07, 6.45) is 3.41. The molecule has 1 saturated heterocycles. The van der Waals surface area contributed by atoms with E-state index < -0.39 is 0 Å². The Morgan fingerprint density at radius 2 is 1.92 bits per heavy atom. The third-order valence-corrected chi connectivity index (χ3v) is 4.76. The van der Waals surface area contributed by atoms with E-state index in [1.54, 1.807) is 4.90 Å². The zero-order valence-corrected chi connectivity index (χ0v) is 13.4. The van der Waals surface area contributed by atoms with Crippen molar-refractivity contribution in [2.24, 2.45) is 5.92 Å². The minimum atomic E-state index is -0.232. The summed E-state index contributed by atoms with van der Waals surface area (Å²) in [6, 6.07) is 7.73. The van der Waals surface area contributed by atoms with Crippen molar-refractivity contribution < 1.29 is 18.7 Å². The number of fused-ring (bicyclic) bond motifs is 1. The molecule has 1 aromatic heterocycles. The van der Waals surface area contributed by atoms with Gasteiger partial charge in [0.05, 0.1) is 5.92 Å². The molecule has 2 heterocycles. The van der Waals surface area contributed by atoms with E-state index in [2.05, 4.69) is 4.98 Å². The molecule has 0 N–H and O–H groups in total. The first-order valence-corrected chi connectivity index (χ1v) is 8.50. The van der Waals surface area contributed by atoms with Gasteiger partial charge < -0.3 is 14.1 Å². The second-order valence-corrected chi connectivity index (χ2v) is 6.56. The Hall–Kier alpha value is -2.37. The minimum absolute atomic E-state index is 0.0303. The third kappa shape index (κ3) is 3.13. The van der Waals surface area contributed by atoms with Crippen LogP contribution in [0.2, 0.25) is 0 Å². The first kappa shape index (κ1) is 15.2. The van der Waals surface area contributed by atoms with Crippen molar-refractivity contribution >= 4 is 23.0 Å². The molecule has 0 radical (unpaired) electrons. The zero-order chi connectivity index (χ0) is 16.5. The van der Waals surface area contributed by atoms with Crippen molar-refractivity contribution in [2.45, 2.75) is 31.6 Å². The standard InChI is InChI=1S/C18H20N2O4/c21-16(11-23-18(22)13-5-6-13)20-9-7-12(8-10-20)17-19-14-3-1-2-4-15(14)24-17/h1-4,12-13H,5-11H2. The Bertz CT molecular complexity index is 724. The molecule has 0 bridgehead atoms. The lowest BCUT2D eigenvalue weighted by molar-refractivity contribution is -0.153. The fourth-order valence-corrected chi connectivity index (χ4v) is 3.10. The van der Waals surface area contributed by atoms with Crippen molar-refractivity contribution in [1.82, 2.24) is 9.88 Å². The number of piperidine rings is 1. The van der Waals surface area contributed by atoms with Gasteiger partial charge in [-0.25, -0.2) is 4.98 Å². The number of rotatable bonds is 4. The second-order valence-electron chi connectivity index (χ2n) is 6.56. The maximum Gasteiger partial charge on any atom is 0.309 e. The Morgan fingerprint density at radius 3 is 2.62 bits per heavy atom. The van der Waals surface area contributed by atoms with Gasteiger partial charge in [-0.3, -0.25) is 9.59 Å². The van der Waals surface area contributed by atoms with Gasteiger partial charge in [-0.1, -0.05) is 12.1 Å². The summed E-state index contributed by atoms with van der Waals surface area (Å²) in [4.78, 5) is 30.0. The fourth-order valence-electron chi connectivity index (χ4n) is 3.10. The molecule has 1 aliphatic heterocycles. The maximum absolute atomic E-state index is 12.1. The molecule has 1 aliphatic carbocycles. The molecular weight excluding hydrogens is 308 g/mol. The van der Waals surface area contributed by atoms with Gasteiger partial charge >= 0.3 is 5.97 Å². The molecule has 0 spiro atoms. The van der Waals surface area contributed by atoms with Crippen molar-refractivity contribution in [1.29, 1.82) is 0 Å². The summed E-state index contributed by atoms with van der Waals surface area (Å²) in [5.41, 5.74) is 1.68. The van der Waals surface area contributed by atoms with Gasteiger partial charge in [0.1, 0.15) is 5.52 Å². The van der Waals surface area contributed by atoms with E-state index >= 15 is 0 Å². The van der Waals surface area contributed by atoms with E-state index in [-0.39, 0.29) is 30.3 Å². The van der Waals surface area contributed by atoms with Crippen LogP contribution in [-0.2, 0) is 14.3 Å². The molecule has 24 heavy (non-hydrogen) atoms. The van der Waals surface area contributed by atoms with Crippen LogP contribution in [0, 0.1) is 5.92 Å². The summed E-state index contributed by atoms with van der Waals surface area (Å²) >= 11 is 0. The summed E-state index contributed by atoms with van der Waals surface area (Å²) in [7, 11) is 0. The number of benzene rings is 1. The highest BCUT2D eigenvalue weighted by atomic mass is 16.5. The molecule has 2 fully saturated rings. The number of oxazole rings is 1. The first-order chi connectivity index (χ1) is 11.7. The fraction of sp³-hybridized carbons (Fsp3) is 0.500. The molecule has 1 amide bonds. The number of hydrogen-bond donors (Lipinski definition) is 0. The summed E-state index contributed by atoms with van der Waals surface area (Å²) in [6.45, 7) is 1.15. The van der Waals surface area contributed by atoms with Crippen LogP contribution in [0.3, 0.4) is 0 Å². The molecule has 6 nitrogen and oxygen atoms in total. The molecule has 1 saturated carbocycles. The number of carbonyl (C=O) groups is 2. The number of aromatic nitrogens is 1. The number of likely N-dealkylation sites (tertiary alicyclic amines) is 1. The molecular formula is C18H20N2O4. The monoisotopic (exact) mass is 328 g/mol. The molecule has 2 aromatic rings. The van der Waals surface area contributed by atoms with Crippen LogP contribution in [0.15, 0.2) is 28.7 Å². The largest absolute Gasteiger partial charge is 0.455 e. The van der Waals surface area contributed by atoms with Crippen LogP contribution in [-0.4, -0.2) is 41.5 Å². The predicted molar refractivity (Wildman–Crippen MR) is 86.2 cm³/mol. The first-order valence-electron chi connectivity index (χ1n) is 8.50. The van der Waals surface area contributed by atoms with E-state index in [1.165, 1.54) is 0 Å².